The first kappa shape index (κ1) is 8.89. The Balaban J connectivity index is 2.13. The Kier molecular flexibility index (Phi) is 3.74. The minimum absolute atomic E-state index is 0.226. The summed E-state index contributed by atoms with van der Waals surface area (Å²) in [5.74, 6) is 0. The maximum absolute atomic E-state index is 9.01. The molecule has 1 aliphatic rings. The third-order valence-corrected chi connectivity index (χ3v) is 1.39. The number of hydrogen-bond donors (Lipinski definition) is 2. The second-order valence-electron chi connectivity index (χ2n) is 2.47. The Bertz CT molecular complexity index is 105. The SMILES string of the molecule is OCC(O)CN1COCOC1. The highest BCUT2D eigenvalue weighted by Gasteiger charge is 2.13. The van der Waals surface area contributed by atoms with Gasteiger partial charge < -0.3 is 19.7 Å². The van der Waals surface area contributed by atoms with Gasteiger partial charge in [-0.15, -0.1) is 0 Å². The number of hydrogen-bond acceptors (Lipinski definition) is 5. The first-order chi connectivity index (χ1) is 5.33. The summed E-state index contributed by atoms with van der Waals surface area (Å²) in [6.45, 7) is 1.38. The van der Waals surface area contributed by atoms with Crippen molar-refractivity contribution in [3.8, 4) is 0 Å². The molecular formula is C6H13NO4. The van der Waals surface area contributed by atoms with E-state index < -0.39 is 6.10 Å². The fourth-order valence-electron chi connectivity index (χ4n) is 0.890. The monoisotopic (exact) mass is 163 g/mol. The number of aliphatic hydroxyl groups excluding tert-OH is 2. The first-order valence-electron chi connectivity index (χ1n) is 3.49. The topological polar surface area (TPSA) is 62.2 Å². The van der Waals surface area contributed by atoms with Crippen molar-refractivity contribution in [1.29, 1.82) is 0 Å². The van der Waals surface area contributed by atoms with Gasteiger partial charge in [0.1, 0.15) is 20.3 Å². The van der Waals surface area contributed by atoms with Crippen molar-refractivity contribution >= 4 is 0 Å². The molecule has 0 aromatic rings. The van der Waals surface area contributed by atoms with E-state index in [1.165, 1.54) is 0 Å². The van der Waals surface area contributed by atoms with Crippen molar-refractivity contribution < 1.29 is 19.7 Å². The third kappa shape index (κ3) is 3.13. The molecule has 1 saturated heterocycles. The minimum atomic E-state index is -0.708. The standard InChI is InChI=1S/C6H13NO4/c8-2-6(9)1-7-3-10-5-11-4-7/h6,8-9H,1-5H2. The molecule has 0 aromatic carbocycles. The first-order valence-corrected chi connectivity index (χ1v) is 3.49. The highest BCUT2D eigenvalue weighted by Crippen LogP contribution is 1.98. The molecule has 1 unspecified atom stereocenters. The van der Waals surface area contributed by atoms with E-state index in [-0.39, 0.29) is 6.61 Å². The summed E-state index contributed by atoms with van der Waals surface area (Å²) in [7, 11) is 0. The van der Waals surface area contributed by atoms with Crippen molar-refractivity contribution in [2.45, 2.75) is 6.10 Å². The summed E-state index contributed by atoms with van der Waals surface area (Å²) >= 11 is 0. The van der Waals surface area contributed by atoms with E-state index in [0.29, 0.717) is 26.8 Å². The molecule has 0 radical (unpaired) electrons. The van der Waals surface area contributed by atoms with Crippen LogP contribution in [0.1, 0.15) is 0 Å². The molecule has 1 atom stereocenters. The molecule has 11 heavy (non-hydrogen) atoms. The molecule has 0 bridgehead atoms. The summed E-state index contributed by atoms with van der Waals surface area (Å²) in [5, 5.41) is 17.5. The zero-order valence-corrected chi connectivity index (χ0v) is 6.27. The largest absolute Gasteiger partial charge is 0.394 e. The molecule has 1 rings (SSSR count). The summed E-state index contributed by atoms with van der Waals surface area (Å²) in [5.41, 5.74) is 0. The minimum Gasteiger partial charge on any atom is -0.394 e. The Hall–Kier alpha value is -0.200. The average molecular weight is 163 g/mol. The zero-order valence-electron chi connectivity index (χ0n) is 6.27. The lowest BCUT2D eigenvalue weighted by Crippen LogP contribution is -2.40. The van der Waals surface area contributed by atoms with Gasteiger partial charge in [-0.1, -0.05) is 0 Å². The van der Waals surface area contributed by atoms with Gasteiger partial charge in [-0.05, 0) is 0 Å². The van der Waals surface area contributed by atoms with E-state index in [2.05, 4.69) is 0 Å². The van der Waals surface area contributed by atoms with Gasteiger partial charge >= 0.3 is 0 Å². The average Bonchev–Trinajstić information content (AvgIpc) is 2.06. The summed E-state index contributed by atoms with van der Waals surface area (Å²) in [6, 6.07) is 0. The molecule has 66 valence electrons. The van der Waals surface area contributed by atoms with Crippen LogP contribution in [0.3, 0.4) is 0 Å². The van der Waals surface area contributed by atoms with Gasteiger partial charge in [0.2, 0.25) is 0 Å². The van der Waals surface area contributed by atoms with E-state index in [0.717, 1.165) is 0 Å². The van der Waals surface area contributed by atoms with Crippen molar-refractivity contribution in [2.75, 3.05) is 33.4 Å². The van der Waals surface area contributed by atoms with Gasteiger partial charge in [-0.3, -0.25) is 4.90 Å². The van der Waals surface area contributed by atoms with Crippen LogP contribution in [0, 0.1) is 0 Å². The van der Waals surface area contributed by atoms with E-state index in [1.807, 2.05) is 0 Å². The van der Waals surface area contributed by atoms with Gasteiger partial charge in [0.05, 0.1) is 12.7 Å². The van der Waals surface area contributed by atoms with E-state index in [1.54, 1.807) is 4.90 Å². The second-order valence-corrected chi connectivity index (χ2v) is 2.47. The molecule has 2 N–H and O–H groups in total. The Morgan fingerprint density at radius 2 is 2.00 bits per heavy atom. The van der Waals surface area contributed by atoms with Gasteiger partial charge in [-0.25, -0.2) is 0 Å². The van der Waals surface area contributed by atoms with Crippen LogP contribution in [0.4, 0.5) is 0 Å². The fraction of sp³-hybridized carbons (Fsp3) is 1.00. The molecule has 1 heterocycles. The summed E-state index contributed by atoms with van der Waals surface area (Å²) < 4.78 is 9.88. The van der Waals surface area contributed by atoms with Gasteiger partial charge in [0.15, 0.2) is 0 Å². The predicted octanol–water partition coefficient (Wildman–Crippen LogP) is -1.44. The maximum atomic E-state index is 9.01. The number of rotatable bonds is 3. The van der Waals surface area contributed by atoms with Crippen LogP contribution >= 0.6 is 0 Å². The lowest BCUT2D eigenvalue weighted by Gasteiger charge is -2.27. The van der Waals surface area contributed by atoms with Crippen molar-refractivity contribution in [1.82, 2.24) is 4.90 Å². The second kappa shape index (κ2) is 4.63. The van der Waals surface area contributed by atoms with E-state index in [4.69, 9.17) is 19.7 Å². The molecule has 0 saturated carbocycles. The van der Waals surface area contributed by atoms with Crippen LogP contribution in [-0.2, 0) is 9.47 Å². The van der Waals surface area contributed by atoms with Crippen LogP contribution < -0.4 is 0 Å². The van der Waals surface area contributed by atoms with Gasteiger partial charge in [-0.2, -0.15) is 0 Å². The van der Waals surface area contributed by atoms with Crippen molar-refractivity contribution in [2.24, 2.45) is 0 Å². The predicted molar refractivity (Wildman–Crippen MR) is 36.6 cm³/mol. The Labute approximate surface area is 65.1 Å². The molecule has 0 amide bonds. The lowest BCUT2D eigenvalue weighted by atomic mass is 10.3. The van der Waals surface area contributed by atoms with Gasteiger partial charge in [0.25, 0.3) is 0 Å². The zero-order chi connectivity index (χ0) is 8.10. The van der Waals surface area contributed by atoms with Crippen LogP contribution in [0.2, 0.25) is 0 Å². The molecular weight excluding hydrogens is 150 g/mol. The normalized spacial score (nSPS) is 23.5. The Morgan fingerprint density at radius 3 is 2.55 bits per heavy atom. The third-order valence-electron chi connectivity index (χ3n) is 1.39. The van der Waals surface area contributed by atoms with Crippen LogP contribution in [0.15, 0.2) is 0 Å². The van der Waals surface area contributed by atoms with Crippen molar-refractivity contribution in [3.05, 3.63) is 0 Å². The summed E-state index contributed by atoms with van der Waals surface area (Å²) in [6.07, 6.45) is -0.708. The number of nitrogens with zero attached hydrogens (tertiary/aromatic N) is 1. The molecule has 5 heteroatoms. The number of aliphatic hydroxyl groups is 2. The Morgan fingerprint density at radius 1 is 1.36 bits per heavy atom. The molecule has 0 aliphatic carbocycles. The molecule has 1 fully saturated rings. The van der Waals surface area contributed by atoms with E-state index >= 15 is 0 Å². The number of ether oxygens (including phenoxy) is 2. The quantitative estimate of drug-likeness (QED) is 0.533. The number of β-amino-alcohol motifs (C(OH)–C–C–N with tert-alkyl or cyclic N) is 1. The highest BCUT2D eigenvalue weighted by molar-refractivity contribution is 4.58. The van der Waals surface area contributed by atoms with Crippen LogP contribution in [0.5, 0.6) is 0 Å². The van der Waals surface area contributed by atoms with Crippen LogP contribution in [0.25, 0.3) is 0 Å². The highest BCUT2D eigenvalue weighted by atomic mass is 16.7. The molecule has 5 nitrogen and oxygen atoms in total. The van der Waals surface area contributed by atoms with Crippen molar-refractivity contribution in [3.63, 3.8) is 0 Å². The van der Waals surface area contributed by atoms with E-state index in [9.17, 15) is 0 Å². The smallest absolute Gasteiger partial charge is 0.150 e. The molecule has 1 aliphatic heterocycles. The maximum Gasteiger partial charge on any atom is 0.150 e. The molecule has 0 spiro atoms. The van der Waals surface area contributed by atoms with Crippen LogP contribution in [-0.4, -0.2) is 54.6 Å². The molecule has 0 aromatic heterocycles. The summed E-state index contributed by atoms with van der Waals surface area (Å²) in [4.78, 5) is 1.77. The fourth-order valence-corrected chi connectivity index (χ4v) is 0.890. The lowest BCUT2D eigenvalue weighted by molar-refractivity contribution is -0.189. The van der Waals surface area contributed by atoms with Gasteiger partial charge in [0, 0.05) is 6.54 Å².